The van der Waals surface area contributed by atoms with Crippen molar-refractivity contribution >= 4 is 6.08 Å². The van der Waals surface area contributed by atoms with Gasteiger partial charge in [-0.2, -0.15) is 0 Å². The molecule has 0 saturated heterocycles. The van der Waals surface area contributed by atoms with Crippen LogP contribution < -0.4 is 0 Å². The highest BCUT2D eigenvalue weighted by molar-refractivity contribution is 5.48. The SMILES string of the molecule is CCOC(COC/C=C/c1ccccc1)OCC. The van der Waals surface area contributed by atoms with Gasteiger partial charge in [-0.15, -0.1) is 0 Å². The molecule has 0 aliphatic heterocycles. The lowest BCUT2D eigenvalue weighted by Gasteiger charge is -2.16. The van der Waals surface area contributed by atoms with E-state index < -0.39 is 0 Å². The Morgan fingerprint density at radius 3 is 2.33 bits per heavy atom. The van der Waals surface area contributed by atoms with Crippen molar-refractivity contribution in [3.8, 4) is 0 Å². The standard InChI is InChI=1S/C15H22O3/c1-3-17-15(18-4-2)13-16-12-8-11-14-9-6-5-7-10-14/h5-11,15H,3-4,12-13H2,1-2H3/b11-8+. The van der Waals surface area contributed by atoms with Crippen LogP contribution >= 0.6 is 0 Å². The van der Waals surface area contributed by atoms with Crippen LogP contribution in [-0.2, 0) is 14.2 Å². The molecule has 1 aromatic carbocycles. The minimum Gasteiger partial charge on any atom is -0.372 e. The first kappa shape index (κ1) is 14.9. The summed E-state index contributed by atoms with van der Waals surface area (Å²) in [7, 11) is 0. The van der Waals surface area contributed by atoms with E-state index in [-0.39, 0.29) is 6.29 Å². The molecule has 0 saturated carbocycles. The van der Waals surface area contributed by atoms with E-state index in [4.69, 9.17) is 14.2 Å². The molecular weight excluding hydrogens is 228 g/mol. The molecule has 0 amide bonds. The summed E-state index contributed by atoms with van der Waals surface area (Å²) in [6.07, 6.45) is 3.77. The van der Waals surface area contributed by atoms with Crippen molar-refractivity contribution in [1.29, 1.82) is 0 Å². The summed E-state index contributed by atoms with van der Waals surface area (Å²) < 4.78 is 16.2. The van der Waals surface area contributed by atoms with E-state index in [9.17, 15) is 0 Å². The Morgan fingerprint density at radius 1 is 1.06 bits per heavy atom. The summed E-state index contributed by atoms with van der Waals surface area (Å²) in [6.45, 7) is 6.18. The van der Waals surface area contributed by atoms with E-state index >= 15 is 0 Å². The topological polar surface area (TPSA) is 27.7 Å². The normalized spacial score (nSPS) is 11.5. The fourth-order valence-electron chi connectivity index (χ4n) is 1.50. The molecule has 1 aromatic rings. The van der Waals surface area contributed by atoms with Crippen LogP contribution in [0.5, 0.6) is 0 Å². The fourth-order valence-corrected chi connectivity index (χ4v) is 1.50. The molecule has 3 heteroatoms. The van der Waals surface area contributed by atoms with Crippen LogP contribution in [-0.4, -0.2) is 32.7 Å². The zero-order valence-corrected chi connectivity index (χ0v) is 11.2. The lowest BCUT2D eigenvalue weighted by Crippen LogP contribution is -2.23. The number of ether oxygens (including phenoxy) is 3. The predicted octanol–water partition coefficient (Wildman–Crippen LogP) is 3.12. The molecule has 0 aliphatic carbocycles. The molecule has 0 heterocycles. The molecule has 0 atom stereocenters. The average Bonchev–Trinajstić information content (AvgIpc) is 2.40. The van der Waals surface area contributed by atoms with Gasteiger partial charge < -0.3 is 14.2 Å². The quantitative estimate of drug-likeness (QED) is 0.498. The molecule has 0 N–H and O–H groups in total. The zero-order chi connectivity index (χ0) is 13.1. The number of rotatable bonds is 9. The molecule has 0 aromatic heterocycles. The van der Waals surface area contributed by atoms with Gasteiger partial charge in [0.15, 0.2) is 6.29 Å². The molecule has 3 nitrogen and oxygen atoms in total. The molecule has 0 fully saturated rings. The molecule has 0 radical (unpaired) electrons. The van der Waals surface area contributed by atoms with Gasteiger partial charge in [-0.1, -0.05) is 42.5 Å². The Kier molecular flexibility index (Phi) is 8.13. The van der Waals surface area contributed by atoms with E-state index in [1.165, 1.54) is 5.56 Å². The Labute approximate surface area is 109 Å². The van der Waals surface area contributed by atoms with Gasteiger partial charge in [-0.3, -0.25) is 0 Å². The van der Waals surface area contributed by atoms with Gasteiger partial charge in [-0.05, 0) is 19.4 Å². The summed E-state index contributed by atoms with van der Waals surface area (Å²) in [5.41, 5.74) is 1.17. The first-order valence-corrected chi connectivity index (χ1v) is 6.39. The number of hydrogen-bond acceptors (Lipinski definition) is 3. The van der Waals surface area contributed by atoms with Gasteiger partial charge in [0, 0.05) is 13.2 Å². The fraction of sp³-hybridized carbons (Fsp3) is 0.467. The van der Waals surface area contributed by atoms with Crippen LogP contribution in [0.15, 0.2) is 36.4 Å². The van der Waals surface area contributed by atoms with E-state index in [2.05, 4.69) is 12.1 Å². The maximum Gasteiger partial charge on any atom is 0.180 e. The van der Waals surface area contributed by atoms with Crippen LogP contribution in [0.2, 0.25) is 0 Å². The van der Waals surface area contributed by atoms with Gasteiger partial charge in [0.25, 0.3) is 0 Å². The number of benzene rings is 1. The highest BCUT2D eigenvalue weighted by Crippen LogP contribution is 2.01. The number of hydrogen-bond donors (Lipinski definition) is 0. The highest BCUT2D eigenvalue weighted by atomic mass is 16.7. The summed E-state index contributed by atoms with van der Waals surface area (Å²) >= 11 is 0. The van der Waals surface area contributed by atoms with Gasteiger partial charge in [-0.25, -0.2) is 0 Å². The summed E-state index contributed by atoms with van der Waals surface area (Å²) in [6, 6.07) is 10.1. The van der Waals surface area contributed by atoms with Crippen molar-refractivity contribution < 1.29 is 14.2 Å². The Morgan fingerprint density at radius 2 is 1.72 bits per heavy atom. The summed E-state index contributed by atoms with van der Waals surface area (Å²) in [5.74, 6) is 0. The van der Waals surface area contributed by atoms with Crippen LogP contribution in [0.25, 0.3) is 6.08 Å². The van der Waals surface area contributed by atoms with Crippen molar-refractivity contribution in [3.05, 3.63) is 42.0 Å². The van der Waals surface area contributed by atoms with E-state index in [1.54, 1.807) is 0 Å². The molecule has 0 bridgehead atoms. The lowest BCUT2D eigenvalue weighted by atomic mass is 10.2. The summed E-state index contributed by atoms with van der Waals surface area (Å²) in [5, 5.41) is 0. The third kappa shape index (κ3) is 6.55. The minimum absolute atomic E-state index is 0.259. The maximum atomic E-state index is 5.49. The van der Waals surface area contributed by atoms with Gasteiger partial charge in [0.2, 0.25) is 0 Å². The first-order valence-electron chi connectivity index (χ1n) is 6.39. The minimum atomic E-state index is -0.259. The first-order chi connectivity index (χ1) is 8.86. The van der Waals surface area contributed by atoms with Gasteiger partial charge >= 0.3 is 0 Å². The van der Waals surface area contributed by atoms with E-state index in [1.807, 2.05) is 44.2 Å². The average molecular weight is 250 g/mol. The maximum absolute atomic E-state index is 5.49. The van der Waals surface area contributed by atoms with Crippen molar-refractivity contribution in [2.45, 2.75) is 20.1 Å². The molecule has 0 spiro atoms. The third-order valence-corrected chi connectivity index (χ3v) is 2.28. The predicted molar refractivity (Wildman–Crippen MR) is 73.3 cm³/mol. The second-order valence-electron chi connectivity index (χ2n) is 3.69. The Hall–Kier alpha value is -1.16. The molecule has 0 aliphatic rings. The van der Waals surface area contributed by atoms with Crippen molar-refractivity contribution in [2.75, 3.05) is 26.4 Å². The molecule has 1 rings (SSSR count). The van der Waals surface area contributed by atoms with Gasteiger partial charge in [0.1, 0.15) is 0 Å². The zero-order valence-electron chi connectivity index (χ0n) is 11.2. The largest absolute Gasteiger partial charge is 0.372 e. The lowest BCUT2D eigenvalue weighted by molar-refractivity contribution is -0.165. The molecular formula is C15H22O3. The van der Waals surface area contributed by atoms with E-state index in [0.717, 1.165) is 0 Å². The molecule has 18 heavy (non-hydrogen) atoms. The van der Waals surface area contributed by atoms with Crippen molar-refractivity contribution in [2.24, 2.45) is 0 Å². The van der Waals surface area contributed by atoms with Crippen LogP contribution in [0.4, 0.5) is 0 Å². The van der Waals surface area contributed by atoms with Gasteiger partial charge in [0.05, 0.1) is 13.2 Å². The van der Waals surface area contributed by atoms with Crippen molar-refractivity contribution in [1.82, 2.24) is 0 Å². The monoisotopic (exact) mass is 250 g/mol. The highest BCUT2D eigenvalue weighted by Gasteiger charge is 2.06. The van der Waals surface area contributed by atoms with E-state index in [0.29, 0.717) is 26.4 Å². The second kappa shape index (κ2) is 9.83. The van der Waals surface area contributed by atoms with Crippen LogP contribution in [0, 0.1) is 0 Å². The second-order valence-corrected chi connectivity index (χ2v) is 3.69. The Balaban J connectivity index is 2.19. The Bertz CT molecular complexity index is 316. The van der Waals surface area contributed by atoms with Crippen molar-refractivity contribution in [3.63, 3.8) is 0 Å². The molecule has 100 valence electrons. The third-order valence-electron chi connectivity index (χ3n) is 2.28. The van der Waals surface area contributed by atoms with Crippen LogP contribution in [0.3, 0.4) is 0 Å². The summed E-state index contributed by atoms with van der Waals surface area (Å²) in [4.78, 5) is 0. The van der Waals surface area contributed by atoms with Crippen LogP contribution in [0.1, 0.15) is 19.4 Å². The molecule has 0 unspecified atom stereocenters. The smallest absolute Gasteiger partial charge is 0.180 e.